The number of anilines is 2. The molecule has 0 unspecified atom stereocenters. The second-order valence-electron chi connectivity index (χ2n) is 5.60. The van der Waals surface area contributed by atoms with Gasteiger partial charge in [0, 0.05) is 25.5 Å². The highest BCUT2D eigenvalue weighted by Gasteiger charge is 2.09. The van der Waals surface area contributed by atoms with Gasteiger partial charge in [-0.1, -0.05) is 30.3 Å². The van der Waals surface area contributed by atoms with Crippen LogP contribution in [0.4, 0.5) is 11.5 Å². The number of rotatable bonds is 6. The minimum Gasteiger partial charge on any atom is -0.366 e. The van der Waals surface area contributed by atoms with Crippen LogP contribution in [0, 0.1) is 0 Å². The number of hydrogen-bond donors (Lipinski definition) is 1. The number of carbonyl (C=O) groups is 1. The van der Waals surface area contributed by atoms with Crippen LogP contribution in [-0.2, 0) is 6.54 Å². The van der Waals surface area contributed by atoms with Crippen LogP contribution < -0.4 is 10.2 Å². The largest absolute Gasteiger partial charge is 0.366 e. The molecule has 0 fully saturated rings. The van der Waals surface area contributed by atoms with Crippen molar-refractivity contribution >= 4 is 17.4 Å². The number of pyridine rings is 2. The van der Waals surface area contributed by atoms with Crippen LogP contribution in [0.5, 0.6) is 0 Å². The Morgan fingerprint density at radius 2 is 1.88 bits per heavy atom. The first-order chi connectivity index (χ1) is 12.3. The number of nitrogens with one attached hydrogen (secondary N) is 1. The van der Waals surface area contributed by atoms with Crippen LogP contribution in [0.3, 0.4) is 0 Å². The molecule has 0 saturated carbocycles. The maximum atomic E-state index is 12.1. The third-order valence-corrected chi connectivity index (χ3v) is 3.88. The van der Waals surface area contributed by atoms with Crippen molar-refractivity contribution < 1.29 is 4.79 Å². The fourth-order valence-electron chi connectivity index (χ4n) is 2.52. The third-order valence-electron chi connectivity index (χ3n) is 3.88. The van der Waals surface area contributed by atoms with Crippen LogP contribution in [0.15, 0.2) is 73.2 Å². The van der Waals surface area contributed by atoms with Crippen LogP contribution in [-0.4, -0.2) is 22.4 Å². The second-order valence-corrected chi connectivity index (χ2v) is 5.60. The molecule has 3 rings (SSSR count). The summed E-state index contributed by atoms with van der Waals surface area (Å²) < 4.78 is 0. The molecule has 0 bridgehead atoms. The Balaban J connectivity index is 1.67. The van der Waals surface area contributed by atoms with Crippen molar-refractivity contribution in [2.45, 2.75) is 13.5 Å². The molecule has 3 aromatic rings. The first-order valence-electron chi connectivity index (χ1n) is 8.22. The first-order valence-corrected chi connectivity index (χ1v) is 8.22. The summed E-state index contributed by atoms with van der Waals surface area (Å²) in [6, 6.07) is 17.5. The lowest BCUT2D eigenvalue weighted by Gasteiger charge is -2.23. The van der Waals surface area contributed by atoms with Gasteiger partial charge in [0.15, 0.2) is 0 Å². The van der Waals surface area contributed by atoms with E-state index in [4.69, 9.17) is 0 Å². The quantitative estimate of drug-likeness (QED) is 0.747. The lowest BCUT2D eigenvalue weighted by atomic mass is 10.2. The zero-order valence-corrected chi connectivity index (χ0v) is 14.1. The standard InChI is InChI=1S/C20H20N4O/c1-2-24(15-16-7-4-3-5-8-16)18-10-11-19(22-14-18)23-20(25)17-9-6-12-21-13-17/h3-14H,2,15H2,1H3,(H,22,23,25). The average molecular weight is 332 g/mol. The molecule has 2 heterocycles. The van der Waals surface area contributed by atoms with Crippen LogP contribution >= 0.6 is 0 Å². The molecule has 0 spiro atoms. The van der Waals surface area contributed by atoms with Crippen molar-refractivity contribution in [3.63, 3.8) is 0 Å². The minimum absolute atomic E-state index is 0.218. The molecule has 5 heteroatoms. The molecule has 5 nitrogen and oxygen atoms in total. The molecule has 1 aromatic carbocycles. The maximum Gasteiger partial charge on any atom is 0.258 e. The predicted octanol–water partition coefficient (Wildman–Crippen LogP) is 3.76. The lowest BCUT2D eigenvalue weighted by molar-refractivity contribution is 0.102. The average Bonchev–Trinajstić information content (AvgIpc) is 2.68. The summed E-state index contributed by atoms with van der Waals surface area (Å²) in [7, 11) is 0. The molecular weight excluding hydrogens is 312 g/mol. The first kappa shape index (κ1) is 16.6. The van der Waals surface area contributed by atoms with Crippen LogP contribution in [0.2, 0.25) is 0 Å². The molecular formula is C20H20N4O. The Morgan fingerprint density at radius 1 is 1.04 bits per heavy atom. The summed E-state index contributed by atoms with van der Waals surface area (Å²) in [5, 5.41) is 2.78. The molecule has 0 radical (unpaired) electrons. The Kier molecular flexibility index (Phi) is 5.36. The fraction of sp³-hybridized carbons (Fsp3) is 0.150. The van der Waals surface area contributed by atoms with Gasteiger partial charge in [-0.3, -0.25) is 9.78 Å². The molecule has 2 aromatic heterocycles. The Labute approximate surface area is 147 Å². The van der Waals surface area contributed by atoms with Gasteiger partial charge in [-0.25, -0.2) is 4.98 Å². The van der Waals surface area contributed by atoms with Crippen molar-refractivity contribution in [1.29, 1.82) is 0 Å². The lowest BCUT2D eigenvalue weighted by Crippen LogP contribution is -2.22. The Hall–Kier alpha value is -3.21. The Bertz CT molecular complexity index is 804. The topological polar surface area (TPSA) is 58.1 Å². The van der Waals surface area contributed by atoms with Gasteiger partial charge in [0.25, 0.3) is 5.91 Å². The van der Waals surface area contributed by atoms with Crippen LogP contribution in [0.25, 0.3) is 0 Å². The summed E-state index contributed by atoms with van der Waals surface area (Å²) in [5.41, 5.74) is 2.77. The number of hydrogen-bond acceptors (Lipinski definition) is 4. The second kappa shape index (κ2) is 8.06. The smallest absolute Gasteiger partial charge is 0.258 e. The molecule has 0 atom stereocenters. The van der Waals surface area contributed by atoms with Gasteiger partial charge in [-0.2, -0.15) is 0 Å². The van der Waals surface area contributed by atoms with Crippen molar-refractivity contribution in [2.75, 3.05) is 16.8 Å². The molecule has 0 aliphatic heterocycles. The summed E-state index contributed by atoms with van der Waals surface area (Å²) in [5.74, 6) is 0.304. The molecule has 0 aliphatic rings. The van der Waals surface area contributed by atoms with Gasteiger partial charge in [0.05, 0.1) is 17.4 Å². The van der Waals surface area contributed by atoms with E-state index in [1.54, 1.807) is 24.5 Å². The summed E-state index contributed by atoms with van der Waals surface area (Å²) in [6.45, 7) is 3.80. The van der Waals surface area contributed by atoms with Crippen LogP contribution in [0.1, 0.15) is 22.8 Å². The third kappa shape index (κ3) is 4.41. The van der Waals surface area contributed by atoms with E-state index in [1.165, 1.54) is 11.8 Å². The molecule has 25 heavy (non-hydrogen) atoms. The number of aromatic nitrogens is 2. The maximum absolute atomic E-state index is 12.1. The van der Waals surface area contributed by atoms with E-state index in [-0.39, 0.29) is 5.91 Å². The van der Waals surface area contributed by atoms with Crippen molar-refractivity contribution in [3.05, 3.63) is 84.3 Å². The highest BCUT2D eigenvalue weighted by atomic mass is 16.1. The highest BCUT2D eigenvalue weighted by Crippen LogP contribution is 2.18. The van der Waals surface area contributed by atoms with Gasteiger partial charge >= 0.3 is 0 Å². The zero-order valence-electron chi connectivity index (χ0n) is 14.1. The minimum atomic E-state index is -0.218. The van der Waals surface area contributed by atoms with Crippen molar-refractivity contribution in [3.8, 4) is 0 Å². The van der Waals surface area contributed by atoms with E-state index >= 15 is 0 Å². The monoisotopic (exact) mass is 332 g/mol. The molecule has 1 amide bonds. The molecule has 1 N–H and O–H groups in total. The molecule has 126 valence electrons. The van der Waals surface area contributed by atoms with Gasteiger partial charge < -0.3 is 10.2 Å². The predicted molar refractivity (Wildman–Crippen MR) is 99.6 cm³/mol. The summed E-state index contributed by atoms with van der Waals surface area (Å²) >= 11 is 0. The van der Waals surface area contributed by atoms with Crippen molar-refractivity contribution in [2.24, 2.45) is 0 Å². The zero-order chi connectivity index (χ0) is 17.5. The molecule has 0 aliphatic carbocycles. The fourth-order valence-corrected chi connectivity index (χ4v) is 2.52. The normalized spacial score (nSPS) is 10.3. The van der Waals surface area contributed by atoms with E-state index in [2.05, 4.69) is 39.2 Å². The number of carbonyl (C=O) groups excluding carboxylic acids is 1. The van der Waals surface area contributed by atoms with E-state index in [0.717, 1.165) is 18.8 Å². The van der Waals surface area contributed by atoms with Gasteiger partial charge in [-0.05, 0) is 36.8 Å². The summed E-state index contributed by atoms with van der Waals surface area (Å²) in [6.07, 6.45) is 4.95. The Morgan fingerprint density at radius 3 is 2.52 bits per heavy atom. The van der Waals surface area contributed by atoms with Gasteiger partial charge in [0.2, 0.25) is 0 Å². The van der Waals surface area contributed by atoms with E-state index in [9.17, 15) is 4.79 Å². The molecule has 0 saturated heterocycles. The summed E-state index contributed by atoms with van der Waals surface area (Å²) in [4.78, 5) is 22.7. The number of amides is 1. The van der Waals surface area contributed by atoms with E-state index in [1.807, 2.05) is 30.3 Å². The van der Waals surface area contributed by atoms with Gasteiger partial charge in [-0.15, -0.1) is 0 Å². The van der Waals surface area contributed by atoms with E-state index in [0.29, 0.717) is 11.4 Å². The van der Waals surface area contributed by atoms with Gasteiger partial charge in [0.1, 0.15) is 5.82 Å². The van der Waals surface area contributed by atoms with E-state index < -0.39 is 0 Å². The highest BCUT2D eigenvalue weighted by molar-refractivity contribution is 6.03. The number of nitrogens with zero attached hydrogens (tertiary/aromatic N) is 3. The number of benzene rings is 1. The SMILES string of the molecule is CCN(Cc1ccccc1)c1ccc(NC(=O)c2cccnc2)nc1. The van der Waals surface area contributed by atoms with Crippen molar-refractivity contribution in [1.82, 2.24) is 9.97 Å².